The Morgan fingerprint density at radius 3 is 2.84 bits per heavy atom. The highest BCUT2D eigenvalue weighted by molar-refractivity contribution is 7.98. The van der Waals surface area contributed by atoms with E-state index in [0.29, 0.717) is 11.6 Å². The average molecular weight is 302 g/mol. The number of rotatable bonds is 8. The smallest absolute Gasteiger partial charge is 0.328 e. The molecule has 0 spiro atoms. The Morgan fingerprint density at radius 1 is 1.47 bits per heavy atom. The van der Waals surface area contributed by atoms with Crippen LogP contribution in [-0.4, -0.2) is 30.6 Å². The van der Waals surface area contributed by atoms with Crippen molar-refractivity contribution in [1.82, 2.24) is 0 Å². The van der Waals surface area contributed by atoms with Crippen molar-refractivity contribution in [3.05, 3.63) is 29.3 Å². The Bertz CT molecular complexity index is 401. The van der Waals surface area contributed by atoms with Gasteiger partial charge in [-0.15, -0.1) is 0 Å². The molecule has 3 nitrogen and oxygen atoms in total. The number of benzene rings is 1. The molecular formula is C14H20ClNO2S. The van der Waals surface area contributed by atoms with E-state index in [1.807, 2.05) is 25.1 Å². The van der Waals surface area contributed by atoms with Crippen LogP contribution in [-0.2, 0) is 9.53 Å². The third kappa shape index (κ3) is 5.74. The summed E-state index contributed by atoms with van der Waals surface area (Å²) >= 11 is 7.86. The first-order valence-electron chi connectivity index (χ1n) is 6.35. The van der Waals surface area contributed by atoms with E-state index in [1.165, 1.54) is 0 Å². The van der Waals surface area contributed by atoms with Crippen LogP contribution >= 0.6 is 23.4 Å². The van der Waals surface area contributed by atoms with Gasteiger partial charge < -0.3 is 10.1 Å². The number of hydrogen-bond donors (Lipinski definition) is 1. The second-order valence-electron chi connectivity index (χ2n) is 4.06. The number of nitrogens with one attached hydrogen (secondary N) is 1. The lowest BCUT2D eigenvalue weighted by atomic mass is 10.1. The van der Waals surface area contributed by atoms with Gasteiger partial charge in [-0.05, 0) is 43.9 Å². The summed E-state index contributed by atoms with van der Waals surface area (Å²) < 4.78 is 5.10. The van der Waals surface area contributed by atoms with Crippen molar-refractivity contribution in [3.63, 3.8) is 0 Å². The molecular weight excluding hydrogens is 282 g/mol. The summed E-state index contributed by atoms with van der Waals surface area (Å²) in [5.41, 5.74) is 0.770. The summed E-state index contributed by atoms with van der Waals surface area (Å²) in [7, 11) is 0. The van der Waals surface area contributed by atoms with Crippen molar-refractivity contribution in [2.24, 2.45) is 0 Å². The fourth-order valence-electron chi connectivity index (χ4n) is 1.69. The highest BCUT2D eigenvalue weighted by Crippen LogP contribution is 2.22. The lowest BCUT2D eigenvalue weighted by Gasteiger charge is -2.19. The molecule has 0 aliphatic carbocycles. The molecule has 1 atom stereocenters. The molecule has 106 valence electrons. The average Bonchev–Trinajstić information content (AvgIpc) is 2.40. The molecule has 0 aliphatic rings. The topological polar surface area (TPSA) is 38.3 Å². The molecule has 0 heterocycles. The molecule has 1 aromatic carbocycles. The van der Waals surface area contributed by atoms with Crippen LogP contribution < -0.4 is 5.32 Å². The van der Waals surface area contributed by atoms with Gasteiger partial charge in [0.15, 0.2) is 0 Å². The van der Waals surface area contributed by atoms with Crippen LogP contribution in [0, 0.1) is 0 Å². The molecule has 1 unspecified atom stereocenters. The largest absolute Gasteiger partial charge is 0.464 e. The zero-order valence-corrected chi connectivity index (χ0v) is 12.9. The van der Waals surface area contributed by atoms with E-state index in [9.17, 15) is 4.79 Å². The molecule has 1 rings (SSSR count). The van der Waals surface area contributed by atoms with Gasteiger partial charge in [0.1, 0.15) is 6.04 Å². The summed E-state index contributed by atoms with van der Waals surface area (Å²) in [6, 6.07) is 7.07. The molecule has 0 radical (unpaired) electrons. The summed E-state index contributed by atoms with van der Waals surface area (Å²) in [6.07, 6.45) is 3.76. The van der Waals surface area contributed by atoms with Gasteiger partial charge in [0.25, 0.3) is 0 Å². The minimum absolute atomic E-state index is 0.219. The van der Waals surface area contributed by atoms with Crippen LogP contribution in [0.1, 0.15) is 19.8 Å². The number of esters is 1. The van der Waals surface area contributed by atoms with Gasteiger partial charge in [-0.1, -0.05) is 23.7 Å². The first kappa shape index (κ1) is 16.2. The Kier molecular flexibility index (Phi) is 7.75. The zero-order valence-electron chi connectivity index (χ0n) is 11.3. The first-order chi connectivity index (χ1) is 9.19. The van der Waals surface area contributed by atoms with Crippen molar-refractivity contribution in [2.45, 2.75) is 25.8 Å². The van der Waals surface area contributed by atoms with E-state index in [0.717, 1.165) is 24.3 Å². The maximum atomic E-state index is 11.9. The molecule has 5 heteroatoms. The normalized spacial score (nSPS) is 11.9. The minimum Gasteiger partial charge on any atom is -0.464 e. The molecule has 1 N–H and O–H groups in total. The fraction of sp³-hybridized carbons (Fsp3) is 0.500. The van der Waals surface area contributed by atoms with Crippen LogP contribution in [0.2, 0.25) is 5.02 Å². The predicted octanol–water partition coefficient (Wildman–Crippen LogP) is 3.83. The lowest BCUT2D eigenvalue weighted by molar-refractivity contribution is -0.144. The van der Waals surface area contributed by atoms with Crippen molar-refractivity contribution in [3.8, 4) is 0 Å². The SMILES string of the molecule is CCOC(=O)C(CCCSC)Nc1ccccc1Cl. The van der Waals surface area contributed by atoms with E-state index >= 15 is 0 Å². The lowest BCUT2D eigenvalue weighted by Crippen LogP contribution is -2.31. The van der Waals surface area contributed by atoms with Gasteiger partial charge in [-0.25, -0.2) is 4.79 Å². The van der Waals surface area contributed by atoms with Gasteiger partial charge in [0, 0.05) is 0 Å². The third-order valence-corrected chi connectivity index (χ3v) is 3.64. The number of carbonyl (C=O) groups excluding carboxylic acids is 1. The van der Waals surface area contributed by atoms with E-state index in [2.05, 4.69) is 11.6 Å². The number of thioether (sulfide) groups is 1. The van der Waals surface area contributed by atoms with E-state index in [1.54, 1.807) is 17.8 Å². The summed E-state index contributed by atoms with van der Waals surface area (Å²) in [4.78, 5) is 11.9. The standard InChI is InChI=1S/C14H20ClNO2S/c1-3-18-14(17)13(9-6-10-19-2)16-12-8-5-4-7-11(12)15/h4-5,7-8,13,16H,3,6,9-10H2,1-2H3. The van der Waals surface area contributed by atoms with Gasteiger partial charge in [0.05, 0.1) is 17.3 Å². The molecule has 19 heavy (non-hydrogen) atoms. The van der Waals surface area contributed by atoms with Crippen molar-refractivity contribution in [2.75, 3.05) is 23.9 Å². The van der Waals surface area contributed by atoms with Gasteiger partial charge >= 0.3 is 5.97 Å². The maximum Gasteiger partial charge on any atom is 0.328 e. The number of carbonyl (C=O) groups is 1. The molecule has 0 bridgehead atoms. The van der Waals surface area contributed by atoms with Gasteiger partial charge in [-0.3, -0.25) is 0 Å². The summed E-state index contributed by atoms with van der Waals surface area (Å²) in [5.74, 6) is 0.809. The molecule has 0 saturated heterocycles. The number of para-hydroxylation sites is 1. The van der Waals surface area contributed by atoms with E-state index in [-0.39, 0.29) is 12.0 Å². The minimum atomic E-state index is -0.341. The second kappa shape index (κ2) is 9.10. The third-order valence-electron chi connectivity index (χ3n) is 2.62. The van der Waals surface area contributed by atoms with Crippen LogP contribution in [0.5, 0.6) is 0 Å². The quantitative estimate of drug-likeness (QED) is 0.585. The number of anilines is 1. The van der Waals surface area contributed by atoms with Crippen LogP contribution in [0.3, 0.4) is 0 Å². The Balaban J connectivity index is 2.67. The predicted molar refractivity (Wildman–Crippen MR) is 83.1 cm³/mol. The molecule has 0 saturated carbocycles. The van der Waals surface area contributed by atoms with Crippen LogP contribution in [0.4, 0.5) is 5.69 Å². The summed E-state index contributed by atoms with van der Waals surface area (Å²) in [5, 5.41) is 3.79. The Hall–Kier alpha value is -0.870. The fourth-order valence-corrected chi connectivity index (χ4v) is 2.34. The van der Waals surface area contributed by atoms with Crippen LogP contribution in [0.15, 0.2) is 24.3 Å². The summed E-state index contributed by atoms with van der Waals surface area (Å²) in [6.45, 7) is 2.20. The van der Waals surface area contributed by atoms with E-state index < -0.39 is 0 Å². The highest BCUT2D eigenvalue weighted by Gasteiger charge is 2.19. The Labute approximate surface area is 124 Å². The number of hydrogen-bond acceptors (Lipinski definition) is 4. The van der Waals surface area contributed by atoms with Crippen molar-refractivity contribution < 1.29 is 9.53 Å². The van der Waals surface area contributed by atoms with Crippen molar-refractivity contribution >= 4 is 35.0 Å². The van der Waals surface area contributed by atoms with E-state index in [4.69, 9.17) is 16.3 Å². The molecule has 0 amide bonds. The number of halogens is 1. The molecule has 0 fully saturated rings. The molecule has 0 aliphatic heterocycles. The monoisotopic (exact) mass is 301 g/mol. The van der Waals surface area contributed by atoms with Gasteiger partial charge in [0.2, 0.25) is 0 Å². The molecule has 1 aromatic rings. The first-order valence-corrected chi connectivity index (χ1v) is 8.12. The maximum absolute atomic E-state index is 11.9. The van der Waals surface area contributed by atoms with Gasteiger partial charge in [-0.2, -0.15) is 11.8 Å². The molecule has 0 aromatic heterocycles. The number of ether oxygens (including phenoxy) is 1. The zero-order chi connectivity index (χ0) is 14.1. The van der Waals surface area contributed by atoms with Crippen molar-refractivity contribution in [1.29, 1.82) is 0 Å². The second-order valence-corrected chi connectivity index (χ2v) is 5.46. The van der Waals surface area contributed by atoms with Crippen LogP contribution in [0.25, 0.3) is 0 Å². The highest BCUT2D eigenvalue weighted by atomic mass is 35.5. The Morgan fingerprint density at radius 2 is 2.21 bits per heavy atom.